The van der Waals surface area contributed by atoms with Gasteiger partial charge in [0.2, 0.25) is 0 Å². The lowest BCUT2D eigenvalue weighted by Crippen LogP contribution is -2.33. The van der Waals surface area contributed by atoms with Crippen LogP contribution in [0, 0.1) is 0 Å². The van der Waals surface area contributed by atoms with Crippen molar-refractivity contribution in [1.29, 1.82) is 0 Å². The van der Waals surface area contributed by atoms with Crippen LogP contribution in [0.25, 0.3) is 0 Å². The molecule has 0 aliphatic rings. The average molecular weight is 222 g/mol. The van der Waals surface area contributed by atoms with Gasteiger partial charge in [-0.25, -0.2) is 0 Å². The van der Waals surface area contributed by atoms with Gasteiger partial charge in [0.05, 0.1) is 14.3 Å². The van der Waals surface area contributed by atoms with Crippen molar-refractivity contribution in [2.75, 3.05) is 6.23 Å². The molecule has 0 saturated heterocycles. The van der Waals surface area contributed by atoms with Crippen LogP contribution in [0.5, 0.6) is 5.75 Å². The second-order valence-electron chi connectivity index (χ2n) is 4.49. The molecule has 0 amide bonds. The van der Waals surface area contributed by atoms with Crippen molar-refractivity contribution >= 4 is 14.4 Å². The molecule has 0 heterocycles. The molecule has 0 aliphatic heterocycles. The standard InChI is InChI=1S/C12H18O2Si/c1-4-15(2,3)10-14-12-7-5-11(9-13)6-8-12/h5-9H,4,10H2,1-3H3. The van der Waals surface area contributed by atoms with Gasteiger partial charge in [-0.1, -0.05) is 26.1 Å². The molecule has 0 fully saturated rings. The maximum atomic E-state index is 10.4. The molecule has 82 valence electrons. The third-order valence-electron chi connectivity index (χ3n) is 2.60. The molecule has 1 rings (SSSR count). The largest absolute Gasteiger partial charge is 0.497 e. The van der Waals surface area contributed by atoms with E-state index in [2.05, 4.69) is 20.0 Å². The molecule has 3 heteroatoms. The Morgan fingerprint density at radius 2 is 1.87 bits per heavy atom. The Labute approximate surface area is 92.3 Å². The highest BCUT2D eigenvalue weighted by atomic mass is 28.3. The Morgan fingerprint density at radius 3 is 2.33 bits per heavy atom. The van der Waals surface area contributed by atoms with Gasteiger partial charge in [0.25, 0.3) is 0 Å². The summed E-state index contributed by atoms with van der Waals surface area (Å²) >= 11 is 0. The molecule has 15 heavy (non-hydrogen) atoms. The molecule has 0 radical (unpaired) electrons. The first-order chi connectivity index (χ1) is 7.07. The highest BCUT2D eigenvalue weighted by molar-refractivity contribution is 6.77. The molecule has 0 unspecified atom stereocenters. The van der Waals surface area contributed by atoms with Gasteiger partial charge in [0.15, 0.2) is 0 Å². The molecule has 0 atom stereocenters. The van der Waals surface area contributed by atoms with Crippen LogP contribution < -0.4 is 4.74 Å². The number of carbonyl (C=O) groups is 1. The van der Waals surface area contributed by atoms with E-state index in [1.165, 1.54) is 6.04 Å². The van der Waals surface area contributed by atoms with Gasteiger partial charge in [-0.15, -0.1) is 0 Å². The normalized spacial score (nSPS) is 11.1. The fourth-order valence-corrected chi connectivity index (χ4v) is 1.78. The Bertz CT molecular complexity index is 317. The van der Waals surface area contributed by atoms with E-state index in [1.54, 1.807) is 12.1 Å². The monoisotopic (exact) mass is 222 g/mol. The first-order valence-electron chi connectivity index (χ1n) is 5.25. The van der Waals surface area contributed by atoms with Crippen LogP contribution >= 0.6 is 0 Å². The summed E-state index contributed by atoms with van der Waals surface area (Å²) in [4.78, 5) is 10.4. The van der Waals surface area contributed by atoms with E-state index < -0.39 is 8.07 Å². The van der Waals surface area contributed by atoms with Gasteiger partial charge in [-0.05, 0) is 24.3 Å². The second-order valence-corrected chi connectivity index (χ2v) is 9.82. The van der Waals surface area contributed by atoms with Gasteiger partial charge in [0, 0.05) is 5.56 Å². The van der Waals surface area contributed by atoms with Crippen LogP contribution in [-0.2, 0) is 0 Å². The van der Waals surface area contributed by atoms with E-state index in [1.807, 2.05) is 12.1 Å². The summed E-state index contributed by atoms with van der Waals surface area (Å²) in [6.07, 6.45) is 1.68. The van der Waals surface area contributed by atoms with Crippen LogP contribution in [0.4, 0.5) is 0 Å². The number of hydrogen-bond donors (Lipinski definition) is 0. The maximum absolute atomic E-state index is 10.4. The molecule has 0 spiro atoms. The van der Waals surface area contributed by atoms with Crippen molar-refractivity contribution in [3.8, 4) is 5.75 Å². The lowest BCUT2D eigenvalue weighted by molar-refractivity contribution is 0.112. The Morgan fingerprint density at radius 1 is 1.27 bits per heavy atom. The van der Waals surface area contributed by atoms with E-state index in [-0.39, 0.29) is 0 Å². The Kier molecular flexibility index (Phi) is 4.09. The van der Waals surface area contributed by atoms with Gasteiger partial charge >= 0.3 is 0 Å². The van der Waals surface area contributed by atoms with Crippen LogP contribution in [0.3, 0.4) is 0 Å². The average Bonchev–Trinajstić information content (AvgIpc) is 2.27. The molecule has 0 N–H and O–H groups in total. The first-order valence-corrected chi connectivity index (χ1v) is 8.67. The number of rotatable bonds is 5. The molecule has 0 saturated carbocycles. The third kappa shape index (κ3) is 3.87. The number of ether oxygens (including phenoxy) is 1. The molecule has 0 bridgehead atoms. The van der Waals surface area contributed by atoms with E-state index in [0.717, 1.165) is 18.3 Å². The van der Waals surface area contributed by atoms with Crippen LogP contribution in [-0.4, -0.2) is 20.6 Å². The lowest BCUT2D eigenvalue weighted by Gasteiger charge is -2.20. The van der Waals surface area contributed by atoms with E-state index in [0.29, 0.717) is 5.56 Å². The van der Waals surface area contributed by atoms with Crippen LogP contribution in [0.2, 0.25) is 19.1 Å². The third-order valence-corrected chi connectivity index (χ3v) is 5.44. The van der Waals surface area contributed by atoms with Gasteiger partial charge in [-0.2, -0.15) is 0 Å². The first kappa shape index (κ1) is 12.0. The van der Waals surface area contributed by atoms with Crippen LogP contribution in [0.15, 0.2) is 24.3 Å². The van der Waals surface area contributed by atoms with Crippen molar-refractivity contribution in [1.82, 2.24) is 0 Å². The lowest BCUT2D eigenvalue weighted by atomic mass is 10.2. The molecule has 1 aromatic rings. The van der Waals surface area contributed by atoms with Gasteiger partial charge < -0.3 is 4.74 Å². The summed E-state index contributed by atoms with van der Waals surface area (Å²) in [5, 5.41) is 0. The fraction of sp³-hybridized carbons (Fsp3) is 0.417. The zero-order valence-corrected chi connectivity index (χ0v) is 10.6. The minimum absolute atomic E-state index is 0.689. The summed E-state index contributed by atoms with van der Waals surface area (Å²) in [6, 6.07) is 8.48. The smallest absolute Gasteiger partial charge is 0.150 e. The summed E-state index contributed by atoms with van der Waals surface area (Å²) in [6.45, 7) is 6.84. The predicted octanol–water partition coefficient (Wildman–Crippen LogP) is 3.15. The van der Waals surface area contributed by atoms with Crippen molar-refractivity contribution in [3.05, 3.63) is 29.8 Å². The van der Waals surface area contributed by atoms with Gasteiger partial charge in [-0.3, -0.25) is 4.79 Å². The summed E-state index contributed by atoms with van der Waals surface area (Å²) in [5.74, 6) is 0.856. The van der Waals surface area contributed by atoms with Crippen molar-refractivity contribution in [2.24, 2.45) is 0 Å². The number of hydrogen-bond acceptors (Lipinski definition) is 2. The summed E-state index contributed by atoms with van der Waals surface area (Å²) in [5.41, 5.74) is 0.689. The molecular formula is C12H18O2Si. The Hall–Kier alpha value is -1.09. The predicted molar refractivity (Wildman–Crippen MR) is 65.3 cm³/mol. The topological polar surface area (TPSA) is 26.3 Å². The molecule has 1 aromatic carbocycles. The molecule has 0 aromatic heterocycles. The number of benzene rings is 1. The van der Waals surface area contributed by atoms with Crippen molar-refractivity contribution in [2.45, 2.75) is 26.1 Å². The zero-order valence-electron chi connectivity index (χ0n) is 9.62. The SMILES string of the molecule is CC[Si](C)(C)COc1ccc(C=O)cc1. The molecular weight excluding hydrogens is 204 g/mol. The van der Waals surface area contributed by atoms with Crippen molar-refractivity contribution in [3.63, 3.8) is 0 Å². The van der Waals surface area contributed by atoms with E-state index in [4.69, 9.17) is 4.74 Å². The van der Waals surface area contributed by atoms with E-state index >= 15 is 0 Å². The molecule has 2 nitrogen and oxygen atoms in total. The fourth-order valence-electron chi connectivity index (χ4n) is 1.02. The Balaban J connectivity index is 2.54. The highest BCUT2D eigenvalue weighted by Crippen LogP contribution is 2.15. The van der Waals surface area contributed by atoms with Gasteiger partial charge in [0.1, 0.15) is 12.0 Å². The van der Waals surface area contributed by atoms with Crippen molar-refractivity contribution < 1.29 is 9.53 Å². The van der Waals surface area contributed by atoms with Crippen LogP contribution in [0.1, 0.15) is 17.3 Å². The minimum atomic E-state index is -1.17. The number of aldehydes is 1. The summed E-state index contributed by atoms with van der Waals surface area (Å²) < 4.78 is 5.71. The quantitative estimate of drug-likeness (QED) is 0.565. The summed E-state index contributed by atoms with van der Waals surface area (Å²) in [7, 11) is -1.17. The minimum Gasteiger partial charge on any atom is -0.497 e. The zero-order chi connectivity index (χ0) is 11.3. The maximum Gasteiger partial charge on any atom is 0.150 e. The van der Waals surface area contributed by atoms with E-state index in [9.17, 15) is 4.79 Å². The number of carbonyl (C=O) groups excluding carboxylic acids is 1. The molecule has 0 aliphatic carbocycles. The highest BCUT2D eigenvalue weighted by Gasteiger charge is 2.18. The second kappa shape index (κ2) is 5.12.